The van der Waals surface area contributed by atoms with E-state index >= 15 is 0 Å². The molecule has 2 aromatic heterocycles. The van der Waals surface area contributed by atoms with Crippen molar-refractivity contribution in [2.24, 2.45) is 16.0 Å². The van der Waals surface area contributed by atoms with Crippen molar-refractivity contribution in [2.45, 2.75) is 19.5 Å². The fourth-order valence-corrected chi connectivity index (χ4v) is 2.04. The number of hydrogen-bond donors (Lipinski definition) is 3. The molecule has 0 aliphatic carbocycles. The van der Waals surface area contributed by atoms with Crippen molar-refractivity contribution in [3.05, 3.63) is 60.2 Å². The van der Waals surface area contributed by atoms with Gasteiger partial charge in [-0.25, -0.2) is 9.13 Å². The van der Waals surface area contributed by atoms with E-state index in [1.165, 1.54) is 6.21 Å². The van der Waals surface area contributed by atoms with Gasteiger partial charge in [0.05, 0.1) is 12.6 Å². The highest BCUT2D eigenvalue weighted by molar-refractivity contribution is 5.96. The van der Waals surface area contributed by atoms with Crippen LogP contribution in [0.15, 0.2) is 59.4 Å². The summed E-state index contributed by atoms with van der Waals surface area (Å²) in [7, 11) is 0. The largest absolute Gasteiger partial charge is 0.411 e. The second kappa shape index (κ2) is 7.72. The van der Waals surface area contributed by atoms with Gasteiger partial charge in [-0.15, -0.1) is 0 Å². The van der Waals surface area contributed by atoms with Crippen LogP contribution in [0.1, 0.15) is 17.5 Å². The Morgan fingerprint density at radius 2 is 1.55 bits per heavy atom. The monoisotopic (exact) mass is 301 g/mol. The van der Waals surface area contributed by atoms with Crippen LogP contribution in [-0.2, 0) is 13.1 Å². The molecule has 0 radical (unpaired) electrons. The molecule has 2 aromatic rings. The van der Waals surface area contributed by atoms with Crippen LogP contribution in [0.5, 0.6) is 0 Å². The van der Waals surface area contributed by atoms with Crippen LogP contribution in [0.3, 0.4) is 0 Å². The van der Waals surface area contributed by atoms with Gasteiger partial charge in [-0.3, -0.25) is 0 Å². The van der Waals surface area contributed by atoms with Crippen molar-refractivity contribution in [1.82, 2.24) is 0 Å². The van der Waals surface area contributed by atoms with Gasteiger partial charge in [-0.2, -0.15) is 0 Å². The van der Waals surface area contributed by atoms with Gasteiger partial charge in [0.15, 0.2) is 43.7 Å². The highest BCUT2D eigenvalue weighted by Crippen LogP contribution is 1.95. The maximum Gasteiger partial charge on any atom is 0.170 e. The zero-order chi connectivity index (χ0) is 15.8. The summed E-state index contributed by atoms with van der Waals surface area (Å²) < 4.78 is 4.11. The summed E-state index contributed by atoms with van der Waals surface area (Å²) >= 11 is 0. The number of oxime groups is 2. The van der Waals surface area contributed by atoms with Gasteiger partial charge in [0.2, 0.25) is 0 Å². The number of aryl methyl sites for hydroxylation is 2. The first-order valence-electron chi connectivity index (χ1n) is 6.86. The van der Waals surface area contributed by atoms with E-state index in [1.54, 1.807) is 0 Å². The number of hydrogen-bond acceptors (Lipinski definition) is 4. The Bertz CT molecular complexity index is 651. The van der Waals surface area contributed by atoms with E-state index in [-0.39, 0.29) is 5.84 Å². The van der Waals surface area contributed by atoms with Crippen molar-refractivity contribution < 1.29 is 19.5 Å². The Kier molecular flexibility index (Phi) is 5.42. The summed E-state index contributed by atoms with van der Waals surface area (Å²) in [5.41, 5.74) is 7.06. The third-order valence-corrected chi connectivity index (χ3v) is 3.25. The van der Waals surface area contributed by atoms with E-state index in [0.29, 0.717) is 5.56 Å². The molecule has 0 unspecified atom stereocenters. The first-order valence-corrected chi connectivity index (χ1v) is 6.86. The first kappa shape index (κ1) is 15.4. The van der Waals surface area contributed by atoms with Crippen LogP contribution in [0, 0.1) is 0 Å². The van der Waals surface area contributed by atoms with Crippen LogP contribution in [0.4, 0.5) is 0 Å². The van der Waals surface area contributed by atoms with Gasteiger partial charge in [0, 0.05) is 35.4 Å². The molecule has 22 heavy (non-hydrogen) atoms. The molecule has 0 bridgehead atoms. The van der Waals surface area contributed by atoms with E-state index in [4.69, 9.17) is 16.1 Å². The highest BCUT2D eigenvalue weighted by atomic mass is 16.4. The van der Waals surface area contributed by atoms with Crippen LogP contribution >= 0.6 is 0 Å². The summed E-state index contributed by atoms with van der Waals surface area (Å²) in [6.45, 7) is 1.74. The SMILES string of the molecule is N/C(=N\O)c1cc[n+](CCC[n+]2ccc(/C=N/O)cc2)cc1. The normalized spacial score (nSPS) is 11.9. The quantitative estimate of drug-likeness (QED) is 0.234. The lowest BCUT2D eigenvalue weighted by molar-refractivity contribution is -0.726. The number of nitrogens with zero attached hydrogens (tertiary/aromatic N) is 4. The van der Waals surface area contributed by atoms with Crippen LogP contribution < -0.4 is 14.9 Å². The Balaban J connectivity index is 1.85. The highest BCUT2D eigenvalue weighted by Gasteiger charge is 2.06. The van der Waals surface area contributed by atoms with Crippen molar-refractivity contribution in [3.8, 4) is 0 Å². The lowest BCUT2D eigenvalue weighted by Crippen LogP contribution is -2.38. The lowest BCUT2D eigenvalue weighted by atomic mass is 10.2. The Labute approximate surface area is 128 Å². The molecule has 0 atom stereocenters. The standard InChI is InChI=1S/C15H17N5O2/c16-15(18-22)14-4-10-20(11-5-14)7-1-6-19-8-2-13(3-9-19)12-17-21/h2-5,8-12H,1,6-7,16H2/p+2. The van der Waals surface area contributed by atoms with Gasteiger partial charge in [-0.1, -0.05) is 10.3 Å². The summed E-state index contributed by atoms with van der Waals surface area (Å²) in [6, 6.07) is 7.40. The molecule has 4 N–H and O–H groups in total. The van der Waals surface area contributed by atoms with Gasteiger partial charge in [-0.05, 0) is 0 Å². The Morgan fingerprint density at radius 3 is 2.05 bits per heavy atom. The van der Waals surface area contributed by atoms with Gasteiger partial charge >= 0.3 is 0 Å². The molecule has 7 heteroatoms. The average molecular weight is 301 g/mol. The predicted octanol–water partition coefficient (Wildman–Crippen LogP) is 0.255. The minimum absolute atomic E-state index is 0.106. The minimum Gasteiger partial charge on any atom is -0.411 e. The summed E-state index contributed by atoms with van der Waals surface area (Å²) in [4.78, 5) is 0. The smallest absolute Gasteiger partial charge is 0.170 e. The Hall–Kier alpha value is -2.96. The Morgan fingerprint density at radius 1 is 1.00 bits per heavy atom. The predicted molar refractivity (Wildman–Crippen MR) is 79.8 cm³/mol. The maximum absolute atomic E-state index is 8.61. The van der Waals surface area contributed by atoms with Crippen LogP contribution in [-0.4, -0.2) is 22.5 Å². The number of rotatable bonds is 6. The molecule has 0 saturated heterocycles. The van der Waals surface area contributed by atoms with Crippen molar-refractivity contribution in [3.63, 3.8) is 0 Å². The molecule has 0 aromatic carbocycles. The third kappa shape index (κ3) is 4.27. The third-order valence-electron chi connectivity index (χ3n) is 3.25. The van der Waals surface area contributed by atoms with E-state index in [9.17, 15) is 0 Å². The molecule has 2 rings (SSSR count). The minimum atomic E-state index is 0.106. The molecule has 2 heterocycles. The van der Waals surface area contributed by atoms with Gasteiger partial charge in [0.25, 0.3) is 0 Å². The molecule has 7 nitrogen and oxygen atoms in total. The molecule has 114 valence electrons. The first-order chi connectivity index (χ1) is 10.7. The molecule has 0 fully saturated rings. The molecule has 0 spiro atoms. The number of aromatic nitrogens is 2. The lowest BCUT2D eigenvalue weighted by Gasteiger charge is -1.99. The molecule has 0 aliphatic rings. The van der Waals surface area contributed by atoms with Crippen molar-refractivity contribution >= 4 is 12.1 Å². The van der Waals surface area contributed by atoms with Crippen LogP contribution in [0.2, 0.25) is 0 Å². The molecule has 0 aliphatic heterocycles. The fourth-order valence-electron chi connectivity index (χ4n) is 2.04. The fraction of sp³-hybridized carbons (Fsp3) is 0.200. The summed E-state index contributed by atoms with van der Waals surface area (Å²) in [5, 5.41) is 23.0. The summed E-state index contributed by atoms with van der Waals surface area (Å²) in [5.74, 6) is 0.106. The second-order valence-corrected chi connectivity index (χ2v) is 4.78. The van der Waals surface area contributed by atoms with Gasteiger partial charge in [0.1, 0.15) is 0 Å². The number of pyridine rings is 2. The number of amidine groups is 1. The van der Waals surface area contributed by atoms with Crippen LogP contribution in [0.25, 0.3) is 0 Å². The van der Waals surface area contributed by atoms with E-state index in [2.05, 4.69) is 14.9 Å². The summed E-state index contributed by atoms with van der Waals surface area (Å²) in [6.07, 6.45) is 10.1. The zero-order valence-corrected chi connectivity index (χ0v) is 12.1. The molecular formula is C15H19N5O2+2. The second-order valence-electron chi connectivity index (χ2n) is 4.78. The van der Waals surface area contributed by atoms with E-state index in [0.717, 1.165) is 25.1 Å². The molecule has 0 amide bonds. The number of nitrogens with two attached hydrogens (primary N) is 1. The van der Waals surface area contributed by atoms with Gasteiger partial charge < -0.3 is 16.1 Å². The average Bonchev–Trinajstić information content (AvgIpc) is 2.56. The topological polar surface area (TPSA) is 99.0 Å². The van der Waals surface area contributed by atoms with Crippen molar-refractivity contribution in [1.29, 1.82) is 0 Å². The zero-order valence-electron chi connectivity index (χ0n) is 12.1. The maximum atomic E-state index is 8.61. The van der Waals surface area contributed by atoms with E-state index < -0.39 is 0 Å². The molecule has 0 saturated carbocycles. The van der Waals surface area contributed by atoms with Crippen molar-refractivity contribution in [2.75, 3.05) is 0 Å². The molecular weight excluding hydrogens is 282 g/mol. The van der Waals surface area contributed by atoms with E-state index in [1.807, 2.05) is 53.6 Å².